The molecule has 1 rings (SSSR count). The van der Waals surface area contributed by atoms with Crippen LogP contribution in [0, 0.1) is 0 Å². The minimum atomic E-state index is 0.170. The lowest BCUT2D eigenvalue weighted by atomic mass is 10.3. The Hall–Kier alpha value is -0.870. The molecule has 0 radical (unpaired) electrons. The Morgan fingerprint density at radius 1 is 1.29 bits per heavy atom. The summed E-state index contributed by atoms with van der Waals surface area (Å²) < 4.78 is 10.7. The number of benzene rings is 1. The summed E-state index contributed by atoms with van der Waals surface area (Å²) in [4.78, 5) is 1.15. The number of anilines is 1. The first-order valence-corrected chi connectivity index (χ1v) is 6.79. The Kier molecular flexibility index (Phi) is 6.22. The van der Waals surface area contributed by atoms with E-state index in [0.29, 0.717) is 0 Å². The highest BCUT2D eigenvalue weighted by atomic mass is 32.2. The minimum Gasteiger partial charge on any atom is -0.491 e. The number of rotatable bonds is 7. The van der Waals surface area contributed by atoms with Crippen molar-refractivity contribution in [1.29, 1.82) is 0 Å². The van der Waals surface area contributed by atoms with Crippen LogP contribution in [0.15, 0.2) is 23.1 Å². The summed E-state index contributed by atoms with van der Waals surface area (Å²) in [5.41, 5.74) is 6.60. The van der Waals surface area contributed by atoms with Gasteiger partial charge in [0.05, 0.1) is 6.10 Å². The molecule has 0 aliphatic heterocycles. The van der Waals surface area contributed by atoms with Gasteiger partial charge in [0.15, 0.2) is 0 Å². The normalized spacial score (nSPS) is 10.8. The van der Waals surface area contributed by atoms with Crippen molar-refractivity contribution in [3.05, 3.63) is 18.2 Å². The molecular weight excluding hydrogens is 234 g/mol. The number of methoxy groups -OCH3 is 1. The molecule has 1 aromatic rings. The molecule has 2 N–H and O–H groups in total. The van der Waals surface area contributed by atoms with Crippen LogP contribution in [0.1, 0.15) is 20.3 Å². The molecule has 0 fully saturated rings. The van der Waals surface area contributed by atoms with Gasteiger partial charge in [-0.25, -0.2) is 0 Å². The van der Waals surface area contributed by atoms with Crippen molar-refractivity contribution >= 4 is 17.4 Å². The van der Waals surface area contributed by atoms with E-state index in [4.69, 9.17) is 15.2 Å². The molecule has 0 heterocycles. The second kappa shape index (κ2) is 7.45. The van der Waals surface area contributed by atoms with Gasteiger partial charge in [0.2, 0.25) is 0 Å². The van der Waals surface area contributed by atoms with Crippen molar-refractivity contribution in [3.63, 3.8) is 0 Å². The van der Waals surface area contributed by atoms with Crippen molar-refractivity contribution in [1.82, 2.24) is 0 Å². The smallest absolute Gasteiger partial charge is 0.122 e. The molecule has 96 valence electrons. The fourth-order valence-electron chi connectivity index (χ4n) is 1.41. The van der Waals surface area contributed by atoms with E-state index in [-0.39, 0.29) is 6.10 Å². The molecule has 4 heteroatoms. The summed E-state index contributed by atoms with van der Waals surface area (Å²) in [6.07, 6.45) is 1.21. The lowest BCUT2D eigenvalue weighted by molar-refractivity contribution is 0.200. The number of hydrogen-bond donors (Lipinski definition) is 1. The topological polar surface area (TPSA) is 44.5 Å². The molecule has 3 nitrogen and oxygen atoms in total. The van der Waals surface area contributed by atoms with Gasteiger partial charge in [-0.2, -0.15) is 0 Å². The summed E-state index contributed by atoms with van der Waals surface area (Å²) in [7, 11) is 1.72. The Balaban J connectivity index is 2.56. The van der Waals surface area contributed by atoms with Gasteiger partial charge >= 0.3 is 0 Å². The predicted octanol–water partition coefficient (Wildman–Crippen LogP) is 3.18. The van der Waals surface area contributed by atoms with Crippen LogP contribution in [0.4, 0.5) is 5.69 Å². The number of thioether (sulfide) groups is 1. The minimum absolute atomic E-state index is 0.170. The number of nitrogen functional groups attached to an aromatic ring is 1. The zero-order chi connectivity index (χ0) is 12.7. The van der Waals surface area contributed by atoms with Crippen LogP contribution in [0.2, 0.25) is 0 Å². The third kappa shape index (κ3) is 5.84. The highest BCUT2D eigenvalue weighted by molar-refractivity contribution is 7.99. The maximum Gasteiger partial charge on any atom is 0.122 e. The molecule has 0 saturated carbocycles. The van der Waals surface area contributed by atoms with Gasteiger partial charge in [0.1, 0.15) is 5.75 Å². The maximum absolute atomic E-state index is 5.85. The summed E-state index contributed by atoms with van der Waals surface area (Å²) in [6.45, 7) is 4.81. The van der Waals surface area contributed by atoms with Crippen molar-refractivity contribution in [2.75, 3.05) is 25.2 Å². The van der Waals surface area contributed by atoms with E-state index >= 15 is 0 Å². The fraction of sp³-hybridized carbons (Fsp3) is 0.538. The highest BCUT2D eigenvalue weighted by Crippen LogP contribution is 2.27. The number of ether oxygens (including phenoxy) is 2. The SMILES string of the molecule is COCCCSc1cc(N)cc(OC(C)C)c1. The summed E-state index contributed by atoms with van der Waals surface area (Å²) >= 11 is 1.78. The highest BCUT2D eigenvalue weighted by Gasteiger charge is 2.02. The van der Waals surface area contributed by atoms with Gasteiger partial charge in [0.25, 0.3) is 0 Å². The zero-order valence-corrected chi connectivity index (χ0v) is 11.5. The van der Waals surface area contributed by atoms with Gasteiger partial charge in [0, 0.05) is 36.1 Å². The fourth-order valence-corrected chi connectivity index (χ4v) is 2.33. The Morgan fingerprint density at radius 3 is 2.71 bits per heavy atom. The molecule has 0 amide bonds. The molecule has 0 aliphatic rings. The molecule has 0 spiro atoms. The van der Waals surface area contributed by atoms with Gasteiger partial charge in [-0.05, 0) is 32.4 Å². The molecule has 0 bridgehead atoms. The zero-order valence-electron chi connectivity index (χ0n) is 10.7. The van der Waals surface area contributed by atoms with Crippen LogP contribution < -0.4 is 10.5 Å². The van der Waals surface area contributed by atoms with E-state index in [2.05, 4.69) is 0 Å². The van der Waals surface area contributed by atoms with Crippen LogP contribution in [-0.4, -0.2) is 25.6 Å². The maximum atomic E-state index is 5.85. The molecule has 0 saturated heterocycles. The molecular formula is C13H21NO2S. The summed E-state index contributed by atoms with van der Waals surface area (Å²) in [6, 6.07) is 5.87. The molecule has 0 unspecified atom stereocenters. The summed E-state index contributed by atoms with van der Waals surface area (Å²) in [5.74, 6) is 1.87. The standard InChI is InChI=1S/C13H21NO2S/c1-10(2)16-12-7-11(14)8-13(9-12)17-6-4-5-15-3/h7-10H,4-6,14H2,1-3H3. The van der Waals surface area contributed by atoms with E-state index in [1.54, 1.807) is 18.9 Å². The van der Waals surface area contributed by atoms with Gasteiger partial charge in [-0.15, -0.1) is 11.8 Å². The molecule has 0 aliphatic carbocycles. The van der Waals surface area contributed by atoms with E-state index in [0.717, 1.165) is 35.1 Å². The first-order valence-electron chi connectivity index (χ1n) is 5.80. The van der Waals surface area contributed by atoms with Crippen LogP contribution in [0.5, 0.6) is 5.75 Å². The Bertz CT molecular complexity index is 342. The average molecular weight is 255 g/mol. The number of hydrogen-bond acceptors (Lipinski definition) is 4. The van der Waals surface area contributed by atoms with Crippen LogP contribution in [-0.2, 0) is 4.74 Å². The quantitative estimate of drug-likeness (QED) is 0.462. The van der Waals surface area contributed by atoms with Gasteiger partial charge < -0.3 is 15.2 Å². The van der Waals surface area contributed by atoms with Crippen LogP contribution in [0.3, 0.4) is 0 Å². The molecule has 1 aromatic carbocycles. The molecule has 17 heavy (non-hydrogen) atoms. The first kappa shape index (κ1) is 14.2. The first-order chi connectivity index (χ1) is 8.11. The molecule has 0 aromatic heterocycles. The lowest BCUT2D eigenvalue weighted by Crippen LogP contribution is -2.05. The average Bonchev–Trinajstić information content (AvgIpc) is 2.22. The van der Waals surface area contributed by atoms with Crippen LogP contribution >= 0.6 is 11.8 Å². The monoisotopic (exact) mass is 255 g/mol. The van der Waals surface area contributed by atoms with Gasteiger partial charge in [-0.3, -0.25) is 0 Å². The predicted molar refractivity (Wildman–Crippen MR) is 73.8 cm³/mol. The van der Waals surface area contributed by atoms with E-state index < -0.39 is 0 Å². The second-order valence-corrected chi connectivity index (χ2v) is 5.27. The third-order valence-electron chi connectivity index (χ3n) is 2.04. The van der Waals surface area contributed by atoms with Crippen molar-refractivity contribution < 1.29 is 9.47 Å². The third-order valence-corrected chi connectivity index (χ3v) is 3.10. The second-order valence-electron chi connectivity index (χ2n) is 4.10. The largest absolute Gasteiger partial charge is 0.491 e. The van der Waals surface area contributed by atoms with E-state index in [1.807, 2.05) is 32.0 Å². The van der Waals surface area contributed by atoms with Crippen molar-refractivity contribution in [2.45, 2.75) is 31.3 Å². The lowest BCUT2D eigenvalue weighted by Gasteiger charge is -2.12. The van der Waals surface area contributed by atoms with E-state index in [1.165, 1.54) is 0 Å². The number of nitrogens with two attached hydrogens (primary N) is 1. The summed E-state index contributed by atoms with van der Waals surface area (Å²) in [5, 5.41) is 0. The van der Waals surface area contributed by atoms with Crippen molar-refractivity contribution in [2.24, 2.45) is 0 Å². The molecule has 0 atom stereocenters. The van der Waals surface area contributed by atoms with Gasteiger partial charge in [-0.1, -0.05) is 0 Å². The van der Waals surface area contributed by atoms with Crippen molar-refractivity contribution in [3.8, 4) is 5.75 Å². The Labute approximate surface area is 108 Å². The van der Waals surface area contributed by atoms with E-state index in [9.17, 15) is 0 Å². The Morgan fingerprint density at radius 2 is 2.06 bits per heavy atom. The van der Waals surface area contributed by atoms with Crippen LogP contribution in [0.25, 0.3) is 0 Å².